The van der Waals surface area contributed by atoms with E-state index in [1.54, 1.807) is 34.6 Å². The Labute approximate surface area is 182 Å². The Hall–Kier alpha value is -3.46. The van der Waals surface area contributed by atoms with Gasteiger partial charge in [0.15, 0.2) is 5.69 Å². The average molecular weight is 443 g/mol. The monoisotopic (exact) mass is 442 g/mol. The van der Waals surface area contributed by atoms with Crippen LogP contribution in [0.1, 0.15) is 38.8 Å². The van der Waals surface area contributed by atoms with Crippen LogP contribution < -0.4 is 5.32 Å². The zero-order valence-corrected chi connectivity index (χ0v) is 17.9. The summed E-state index contributed by atoms with van der Waals surface area (Å²) in [7, 11) is 0. The molecule has 0 saturated heterocycles. The van der Waals surface area contributed by atoms with Gasteiger partial charge in [-0.3, -0.25) is 14.2 Å². The minimum absolute atomic E-state index is 0.175. The van der Waals surface area contributed by atoms with Gasteiger partial charge < -0.3 is 9.84 Å². The third-order valence-corrected chi connectivity index (χ3v) is 5.18. The van der Waals surface area contributed by atoms with Gasteiger partial charge in [0.2, 0.25) is 0 Å². The molecule has 3 heterocycles. The third kappa shape index (κ3) is 4.36. The lowest BCUT2D eigenvalue weighted by Crippen LogP contribution is -2.17. The van der Waals surface area contributed by atoms with Gasteiger partial charge >= 0.3 is 0 Å². The van der Waals surface area contributed by atoms with Crippen LogP contribution in [0.5, 0.6) is 0 Å². The number of nitrogens with one attached hydrogen (secondary N) is 1. The minimum Gasteiger partial charge on any atom is -0.361 e. The molecule has 4 rings (SSSR count). The van der Waals surface area contributed by atoms with Crippen LogP contribution in [0.15, 0.2) is 41.2 Å². The fourth-order valence-electron chi connectivity index (χ4n) is 3.31. The van der Waals surface area contributed by atoms with Crippen LogP contribution in [0.25, 0.3) is 0 Å². The van der Waals surface area contributed by atoms with Gasteiger partial charge in [0.1, 0.15) is 11.6 Å². The third-order valence-electron chi connectivity index (χ3n) is 4.99. The Balaban J connectivity index is 1.55. The maximum Gasteiger partial charge on any atom is 0.278 e. The standard InChI is InChI=1S/C21H20ClFN6O2/c1-12-19(13(2)29(26-12)9-15-4-6-17(23)7-5-15)25-21(30)20-18(14(3)31-27-20)11-28-10-16(22)8-24-28/h4-8,10H,9,11H2,1-3H3,(H,25,30). The molecule has 0 unspecified atom stereocenters. The lowest BCUT2D eigenvalue weighted by atomic mass is 10.1. The van der Waals surface area contributed by atoms with Crippen molar-refractivity contribution in [1.82, 2.24) is 24.7 Å². The molecular formula is C21H20ClFN6O2. The fourth-order valence-corrected chi connectivity index (χ4v) is 3.47. The molecule has 10 heteroatoms. The molecule has 0 aliphatic heterocycles. The number of amides is 1. The Kier molecular flexibility index (Phi) is 5.60. The SMILES string of the molecule is Cc1nn(Cc2ccc(F)cc2)c(C)c1NC(=O)c1noc(C)c1Cn1cc(Cl)cn1. The number of aryl methyl sites for hydroxylation is 2. The van der Waals surface area contributed by atoms with Crippen molar-refractivity contribution in [2.45, 2.75) is 33.9 Å². The number of hydrogen-bond acceptors (Lipinski definition) is 5. The summed E-state index contributed by atoms with van der Waals surface area (Å²) in [4.78, 5) is 13.0. The van der Waals surface area contributed by atoms with Gasteiger partial charge in [-0.2, -0.15) is 10.2 Å². The summed E-state index contributed by atoms with van der Waals surface area (Å²) in [5.41, 5.74) is 3.72. The number of hydrogen-bond donors (Lipinski definition) is 1. The van der Waals surface area contributed by atoms with E-state index < -0.39 is 5.91 Å². The molecule has 8 nitrogen and oxygen atoms in total. The molecule has 31 heavy (non-hydrogen) atoms. The summed E-state index contributed by atoms with van der Waals surface area (Å²) in [5, 5.41) is 16.0. The maximum absolute atomic E-state index is 13.2. The van der Waals surface area contributed by atoms with Crippen molar-refractivity contribution >= 4 is 23.2 Å². The predicted octanol–water partition coefficient (Wildman–Crippen LogP) is 4.13. The molecule has 1 amide bonds. The van der Waals surface area contributed by atoms with Gasteiger partial charge in [-0.15, -0.1) is 0 Å². The highest BCUT2D eigenvalue weighted by Crippen LogP contribution is 2.23. The summed E-state index contributed by atoms with van der Waals surface area (Å²) in [6.07, 6.45) is 3.18. The second-order valence-electron chi connectivity index (χ2n) is 7.21. The summed E-state index contributed by atoms with van der Waals surface area (Å²) < 4.78 is 21.8. The highest BCUT2D eigenvalue weighted by atomic mass is 35.5. The molecule has 0 aliphatic carbocycles. The molecule has 0 saturated carbocycles. The zero-order valence-electron chi connectivity index (χ0n) is 17.2. The summed E-state index contributed by atoms with van der Waals surface area (Å²) in [6, 6.07) is 6.22. The average Bonchev–Trinajstić information content (AvgIpc) is 3.38. The van der Waals surface area contributed by atoms with Crippen molar-refractivity contribution in [2.24, 2.45) is 0 Å². The number of carbonyl (C=O) groups excluding carboxylic acids is 1. The number of nitrogens with zero attached hydrogens (tertiary/aromatic N) is 5. The second kappa shape index (κ2) is 8.35. The van der Waals surface area contributed by atoms with E-state index in [1.807, 2.05) is 13.8 Å². The zero-order chi connectivity index (χ0) is 22.1. The van der Waals surface area contributed by atoms with E-state index in [-0.39, 0.29) is 11.5 Å². The number of rotatable bonds is 6. The van der Waals surface area contributed by atoms with Gasteiger partial charge in [0, 0.05) is 11.8 Å². The molecule has 1 N–H and O–H groups in total. The molecule has 0 fully saturated rings. The van der Waals surface area contributed by atoms with E-state index in [0.29, 0.717) is 40.8 Å². The number of aromatic nitrogens is 5. The van der Waals surface area contributed by atoms with Crippen molar-refractivity contribution in [1.29, 1.82) is 0 Å². The molecule has 0 radical (unpaired) electrons. The van der Waals surface area contributed by atoms with Crippen LogP contribution in [0.2, 0.25) is 5.02 Å². The highest BCUT2D eigenvalue weighted by molar-refractivity contribution is 6.30. The lowest BCUT2D eigenvalue weighted by molar-refractivity contribution is 0.101. The van der Waals surface area contributed by atoms with Crippen molar-refractivity contribution in [3.63, 3.8) is 0 Å². The van der Waals surface area contributed by atoms with Crippen LogP contribution in [-0.4, -0.2) is 30.6 Å². The molecule has 0 bridgehead atoms. The number of carbonyl (C=O) groups is 1. The highest BCUT2D eigenvalue weighted by Gasteiger charge is 2.23. The van der Waals surface area contributed by atoms with Gasteiger partial charge in [0.05, 0.1) is 41.4 Å². The van der Waals surface area contributed by atoms with Crippen LogP contribution >= 0.6 is 11.6 Å². The molecule has 3 aromatic heterocycles. The molecule has 4 aromatic rings. The number of benzene rings is 1. The number of halogens is 2. The van der Waals surface area contributed by atoms with E-state index in [1.165, 1.54) is 18.3 Å². The van der Waals surface area contributed by atoms with Crippen molar-refractivity contribution < 1.29 is 13.7 Å². The van der Waals surface area contributed by atoms with E-state index in [4.69, 9.17) is 16.1 Å². The Morgan fingerprint density at radius 1 is 1.19 bits per heavy atom. The van der Waals surface area contributed by atoms with Crippen LogP contribution in [0, 0.1) is 26.6 Å². The van der Waals surface area contributed by atoms with Gasteiger partial charge in [-0.1, -0.05) is 28.9 Å². The van der Waals surface area contributed by atoms with Gasteiger partial charge in [-0.25, -0.2) is 4.39 Å². The normalized spacial score (nSPS) is 11.1. The van der Waals surface area contributed by atoms with Gasteiger partial charge in [0.25, 0.3) is 5.91 Å². The topological polar surface area (TPSA) is 90.8 Å². The molecule has 0 atom stereocenters. The van der Waals surface area contributed by atoms with E-state index >= 15 is 0 Å². The first-order valence-corrected chi connectivity index (χ1v) is 9.92. The summed E-state index contributed by atoms with van der Waals surface area (Å²) >= 11 is 5.92. The summed E-state index contributed by atoms with van der Waals surface area (Å²) in [6.45, 7) is 6.16. The predicted molar refractivity (Wildman–Crippen MR) is 113 cm³/mol. The Morgan fingerprint density at radius 3 is 2.61 bits per heavy atom. The molecule has 0 spiro atoms. The van der Waals surface area contributed by atoms with Crippen molar-refractivity contribution in [3.8, 4) is 0 Å². The molecule has 1 aromatic carbocycles. The Morgan fingerprint density at radius 2 is 1.94 bits per heavy atom. The quantitative estimate of drug-likeness (QED) is 0.484. The van der Waals surface area contributed by atoms with Gasteiger partial charge in [-0.05, 0) is 38.5 Å². The first-order chi connectivity index (χ1) is 14.8. The lowest BCUT2D eigenvalue weighted by Gasteiger charge is -2.07. The van der Waals surface area contributed by atoms with Crippen LogP contribution in [0.3, 0.4) is 0 Å². The van der Waals surface area contributed by atoms with E-state index in [0.717, 1.165) is 11.3 Å². The van der Waals surface area contributed by atoms with Crippen molar-refractivity contribution in [2.75, 3.05) is 5.32 Å². The van der Waals surface area contributed by atoms with Crippen molar-refractivity contribution in [3.05, 3.63) is 81.5 Å². The van der Waals surface area contributed by atoms with Crippen LogP contribution in [0.4, 0.5) is 10.1 Å². The molecule has 160 valence electrons. The Bertz CT molecular complexity index is 1240. The van der Waals surface area contributed by atoms with E-state index in [2.05, 4.69) is 20.7 Å². The van der Waals surface area contributed by atoms with E-state index in [9.17, 15) is 9.18 Å². The second-order valence-corrected chi connectivity index (χ2v) is 7.64. The minimum atomic E-state index is -0.405. The smallest absolute Gasteiger partial charge is 0.278 e. The molecular weight excluding hydrogens is 423 g/mol. The number of anilines is 1. The first-order valence-electron chi connectivity index (χ1n) is 9.54. The largest absolute Gasteiger partial charge is 0.361 e. The first kappa shape index (κ1) is 20.8. The summed E-state index contributed by atoms with van der Waals surface area (Å²) in [5.74, 6) is -0.170. The van der Waals surface area contributed by atoms with Crippen LogP contribution in [-0.2, 0) is 13.1 Å². The fraction of sp³-hybridized carbons (Fsp3) is 0.238. The maximum atomic E-state index is 13.2. The molecule has 0 aliphatic rings.